The van der Waals surface area contributed by atoms with Gasteiger partial charge in [0.05, 0.1) is 11.7 Å². The molecule has 0 radical (unpaired) electrons. The molecule has 1 aromatic heterocycles. The molecule has 1 N–H and O–H groups in total. The molecular weight excluding hydrogens is 327 g/mol. The smallest absolute Gasteiger partial charge is 0.223 e. The highest BCUT2D eigenvalue weighted by atomic mass is 19.1. The monoisotopic (exact) mass is 350 g/mol. The van der Waals surface area contributed by atoms with Gasteiger partial charge >= 0.3 is 0 Å². The predicted octanol–water partition coefficient (Wildman–Crippen LogP) is 5.44. The Morgan fingerprint density at radius 1 is 1.19 bits per heavy atom. The van der Waals surface area contributed by atoms with E-state index in [0.717, 1.165) is 40.6 Å². The molecule has 134 valence electrons. The lowest BCUT2D eigenvalue weighted by Crippen LogP contribution is -2.35. The van der Waals surface area contributed by atoms with Crippen LogP contribution in [0.1, 0.15) is 44.7 Å². The van der Waals surface area contributed by atoms with Gasteiger partial charge in [0, 0.05) is 28.9 Å². The van der Waals surface area contributed by atoms with Crippen LogP contribution in [-0.4, -0.2) is 21.8 Å². The molecule has 2 heterocycles. The largest absolute Gasteiger partial charge is 0.354 e. The Morgan fingerprint density at radius 3 is 2.65 bits per heavy atom. The van der Waals surface area contributed by atoms with Gasteiger partial charge < -0.3 is 9.88 Å². The minimum absolute atomic E-state index is 0.0497. The Balaban J connectivity index is 1.92. The maximum atomic E-state index is 13.4. The van der Waals surface area contributed by atoms with Crippen LogP contribution in [0, 0.1) is 5.82 Å². The van der Waals surface area contributed by atoms with Crippen LogP contribution < -0.4 is 0 Å². The number of amides is 1. The van der Waals surface area contributed by atoms with Crippen molar-refractivity contribution in [3.8, 4) is 11.3 Å². The van der Waals surface area contributed by atoms with Gasteiger partial charge in [0.25, 0.3) is 0 Å². The first kappa shape index (κ1) is 16.8. The molecule has 2 aromatic carbocycles. The molecule has 0 saturated carbocycles. The molecule has 4 heteroatoms. The SMILES string of the molecule is CC[C@H](C)N1C(=O)CC[C@H]1c1c(-c2ccc(F)cc2)[nH]c2ccccc12. The molecule has 0 bridgehead atoms. The highest BCUT2D eigenvalue weighted by molar-refractivity contribution is 5.92. The Bertz CT molecular complexity index is 944. The molecule has 3 nitrogen and oxygen atoms in total. The van der Waals surface area contributed by atoms with Crippen LogP contribution in [-0.2, 0) is 4.79 Å². The third-order valence-corrected chi connectivity index (χ3v) is 5.53. The van der Waals surface area contributed by atoms with Crippen LogP contribution in [0.2, 0.25) is 0 Å². The zero-order valence-electron chi connectivity index (χ0n) is 15.1. The van der Waals surface area contributed by atoms with Gasteiger partial charge in [0.2, 0.25) is 5.91 Å². The fourth-order valence-electron chi connectivity index (χ4n) is 4.09. The standard InChI is InChI=1S/C22H23FN2O/c1-3-14(2)25-19(12-13-20(25)26)21-17-6-4-5-7-18(17)24-22(21)15-8-10-16(23)11-9-15/h4-11,14,19,24H,3,12-13H2,1-2H3/t14-,19-/m0/s1. The minimum Gasteiger partial charge on any atom is -0.354 e. The lowest BCUT2D eigenvalue weighted by molar-refractivity contribution is -0.131. The first-order valence-electron chi connectivity index (χ1n) is 9.28. The van der Waals surface area contributed by atoms with Gasteiger partial charge in [-0.1, -0.05) is 25.1 Å². The molecular formula is C22H23FN2O. The minimum atomic E-state index is -0.247. The van der Waals surface area contributed by atoms with Crippen molar-refractivity contribution < 1.29 is 9.18 Å². The lowest BCUT2D eigenvalue weighted by atomic mass is 9.96. The Morgan fingerprint density at radius 2 is 1.92 bits per heavy atom. The van der Waals surface area contributed by atoms with E-state index in [9.17, 15) is 9.18 Å². The summed E-state index contributed by atoms with van der Waals surface area (Å²) in [4.78, 5) is 18.1. The molecule has 0 aliphatic carbocycles. The number of hydrogen-bond acceptors (Lipinski definition) is 1. The van der Waals surface area contributed by atoms with E-state index in [-0.39, 0.29) is 23.8 Å². The average Bonchev–Trinajstić information content (AvgIpc) is 3.22. The maximum absolute atomic E-state index is 13.4. The third-order valence-electron chi connectivity index (χ3n) is 5.53. The van der Waals surface area contributed by atoms with E-state index in [2.05, 4.69) is 31.0 Å². The molecule has 3 aromatic rings. The first-order chi connectivity index (χ1) is 12.6. The highest BCUT2D eigenvalue weighted by Crippen LogP contribution is 2.43. The van der Waals surface area contributed by atoms with E-state index in [0.29, 0.717) is 6.42 Å². The van der Waals surface area contributed by atoms with Crippen molar-refractivity contribution in [2.75, 3.05) is 0 Å². The maximum Gasteiger partial charge on any atom is 0.223 e. The summed E-state index contributed by atoms with van der Waals surface area (Å²) < 4.78 is 13.4. The Labute approximate surface area is 152 Å². The summed E-state index contributed by atoms with van der Waals surface area (Å²) in [6, 6.07) is 15.0. The number of fused-ring (bicyclic) bond motifs is 1. The van der Waals surface area contributed by atoms with Crippen molar-refractivity contribution >= 4 is 16.8 Å². The van der Waals surface area contributed by atoms with E-state index in [1.807, 2.05) is 17.0 Å². The topological polar surface area (TPSA) is 36.1 Å². The second kappa shape index (κ2) is 6.60. The van der Waals surface area contributed by atoms with Gasteiger partial charge in [-0.2, -0.15) is 0 Å². The summed E-state index contributed by atoms with van der Waals surface area (Å²) in [7, 11) is 0. The van der Waals surface area contributed by atoms with Gasteiger partial charge in [0.1, 0.15) is 5.82 Å². The molecule has 1 amide bonds. The fourth-order valence-corrected chi connectivity index (χ4v) is 4.09. The number of para-hydroxylation sites is 1. The van der Waals surface area contributed by atoms with Crippen LogP contribution >= 0.6 is 0 Å². The number of nitrogens with one attached hydrogen (secondary N) is 1. The van der Waals surface area contributed by atoms with Crippen LogP contribution in [0.4, 0.5) is 4.39 Å². The highest BCUT2D eigenvalue weighted by Gasteiger charge is 2.37. The van der Waals surface area contributed by atoms with Gasteiger partial charge in [-0.25, -0.2) is 4.39 Å². The molecule has 4 rings (SSSR count). The summed E-state index contributed by atoms with van der Waals surface area (Å²) in [5.41, 5.74) is 4.13. The summed E-state index contributed by atoms with van der Waals surface area (Å²) in [6.07, 6.45) is 2.33. The van der Waals surface area contributed by atoms with E-state index < -0.39 is 0 Å². The molecule has 1 aliphatic heterocycles. The predicted molar refractivity (Wildman–Crippen MR) is 102 cm³/mol. The summed E-state index contributed by atoms with van der Waals surface area (Å²) in [5, 5.41) is 1.14. The van der Waals surface area contributed by atoms with E-state index in [1.165, 1.54) is 12.1 Å². The molecule has 2 atom stereocenters. The number of nitrogens with zero attached hydrogens (tertiary/aromatic N) is 1. The van der Waals surface area contributed by atoms with E-state index >= 15 is 0 Å². The Hall–Kier alpha value is -2.62. The van der Waals surface area contributed by atoms with Crippen molar-refractivity contribution in [1.29, 1.82) is 0 Å². The van der Waals surface area contributed by atoms with Crippen LogP contribution in [0.5, 0.6) is 0 Å². The van der Waals surface area contributed by atoms with Crippen molar-refractivity contribution in [2.45, 2.75) is 45.2 Å². The van der Waals surface area contributed by atoms with Crippen LogP contribution in [0.15, 0.2) is 48.5 Å². The van der Waals surface area contributed by atoms with Crippen LogP contribution in [0.3, 0.4) is 0 Å². The lowest BCUT2D eigenvalue weighted by Gasteiger charge is -2.31. The molecule has 0 spiro atoms. The second-order valence-corrected chi connectivity index (χ2v) is 7.08. The number of halogens is 1. The van der Waals surface area contributed by atoms with Gasteiger partial charge in [-0.15, -0.1) is 0 Å². The number of aromatic nitrogens is 1. The van der Waals surface area contributed by atoms with E-state index in [4.69, 9.17) is 0 Å². The van der Waals surface area contributed by atoms with Crippen molar-refractivity contribution in [1.82, 2.24) is 9.88 Å². The van der Waals surface area contributed by atoms with Gasteiger partial charge in [-0.3, -0.25) is 4.79 Å². The van der Waals surface area contributed by atoms with Gasteiger partial charge in [0.15, 0.2) is 0 Å². The molecule has 0 unspecified atom stereocenters. The number of likely N-dealkylation sites (tertiary alicyclic amines) is 1. The zero-order chi connectivity index (χ0) is 18.3. The molecule has 1 fully saturated rings. The number of rotatable bonds is 4. The quantitative estimate of drug-likeness (QED) is 0.668. The number of H-pyrrole nitrogens is 1. The summed E-state index contributed by atoms with van der Waals surface area (Å²) in [6.45, 7) is 4.23. The summed E-state index contributed by atoms with van der Waals surface area (Å²) in [5.74, 6) is -0.0247. The molecule has 1 saturated heterocycles. The molecule has 26 heavy (non-hydrogen) atoms. The number of hydrogen-bond donors (Lipinski definition) is 1. The van der Waals surface area contributed by atoms with E-state index in [1.54, 1.807) is 12.1 Å². The Kier molecular flexibility index (Phi) is 4.27. The number of aromatic amines is 1. The molecule has 1 aliphatic rings. The number of carbonyl (C=O) groups excluding carboxylic acids is 1. The third kappa shape index (κ3) is 2.70. The van der Waals surface area contributed by atoms with Crippen molar-refractivity contribution in [2.24, 2.45) is 0 Å². The van der Waals surface area contributed by atoms with Crippen molar-refractivity contribution in [3.63, 3.8) is 0 Å². The second-order valence-electron chi connectivity index (χ2n) is 7.08. The van der Waals surface area contributed by atoms with Crippen molar-refractivity contribution in [3.05, 3.63) is 59.9 Å². The number of benzene rings is 2. The summed E-state index contributed by atoms with van der Waals surface area (Å²) >= 11 is 0. The van der Waals surface area contributed by atoms with Gasteiger partial charge in [-0.05, 0) is 55.7 Å². The number of carbonyl (C=O) groups is 1. The fraction of sp³-hybridized carbons (Fsp3) is 0.318. The normalized spacial score (nSPS) is 18.7. The first-order valence-corrected chi connectivity index (χ1v) is 9.28. The zero-order valence-corrected chi connectivity index (χ0v) is 15.1. The average molecular weight is 350 g/mol. The van der Waals surface area contributed by atoms with Crippen LogP contribution in [0.25, 0.3) is 22.2 Å².